The van der Waals surface area contributed by atoms with Gasteiger partial charge >= 0.3 is 0 Å². The summed E-state index contributed by atoms with van der Waals surface area (Å²) in [5.74, 6) is 1.04. The summed E-state index contributed by atoms with van der Waals surface area (Å²) in [5.41, 5.74) is 4.92. The Morgan fingerprint density at radius 1 is 1.37 bits per heavy atom. The highest BCUT2D eigenvalue weighted by atomic mass is 16.5. The monoisotopic (exact) mass is 264 g/mol. The number of aliphatic hydroxyl groups excluding tert-OH is 2. The number of hydrogen-bond donors (Lipinski definition) is 2. The van der Waals surface area contributed by atoms with E-state index < -0.39 is 0 Å². The van der Waals surface area contributed by atoms with Crippen LogP contribution in [-0.4, -0.2) is 30.5 Å². The predicted octanol–water partition coefficient (Wildman–Crippen LogP) is 2.55. The molecule has 0 unspecified atom stereocenters. The molecule has 0 amide bonds. The molecule has 2 aliphatic rings. The van der Waals surface area contributed by atoms with E-state index in [1.165, 1.54) is 0 Å². The lowest BCUT2D eigenvalue weighted by Crippen LogP contribution is -2.43. The highest BCUT2D eigenvalue weighted by Crippen LogP contribution is 2.56. The van der Waals surface area contributed by atoms with Crippen molar-refractivity contribution >= 4 is 0 Å². The first-order chi connectivity index (χ1) is 9.24. The van der Waals surface area contributed by atoms with Crippen molar-refractivity contribution in [3.63, 3.8) is 0 Å². The van der Waals surface area contributed by atoms with Gasteiger partial charge in [-0.05, 0) is 43.6 Å². The van der Waals surface area contributed by atoms with Crippen molar-refractivity contribution in [1.82, 2.24) is 0 Å². The average molecular weight is 264 g/mol. The van der Waals surface area contributed by atoms with E-state index in [0.29, 0.717) is 0 Å². The molecule has 2 N–H and O–H groups in total. The fourth-order valence-electron chi connectivity index (χ4n) is 4.05. The zero-order valence-corrected chi connectivity index (χ0v) is 11.7. The Labute approximate surface area is 115 Å². The van der Waals surface area contributed by atoms with Crippen LogP contribution in [0, 0.1) is 11.3 Å². The minimum absolute atomic E-state index is 0.00907. The Morgan fingerprint density at radius 3 is 2.74 bits per heavy atom. The first kappa shape index (κ1) is 14.4. The second-order valence-corrected chi connectivity index (χ2v) is 5.52. The van der Waals surface area contributed by atoms with Crippen LogP contribution in [0.3, 0.4) is 0 Å². The van der Waals surface area contributed by atoms with E-state index >= 15 is 0 Å². The number of ether oxygens (including phenoxy) is 1. The Morgan fingerprint density at radius 2 is 2.16 bits per heavy atom. The highest BCUT2D eigenvalue weighted by Gasteiger charge is 2.49. The molecule has 2 rings (SSSR count). The lowest BCUT2D eigenvalue weighted by Gasteiger charge is -2.48. The van der Waals surface area contributed by atoms with E-state index in [2.05, 4.69) is 12.3 Å². The number of allylic oxidation sites excluding steroid dienone is 2. The summed E-state index contributed by atoms with van der Waals surface area (Å²) < 4.78 is 5.48. The predicted molar refractivity (Wildman–Crippen MR) is 74.5 cm³/mol. The first-order valence-corrected chi connectivity index (χ1v) is 7.12. The summed E-state index contributed by atoms with van der Waals surface area (Å²) in [6.07, 6.45) is 5.86. The van der Waals surface area contributed by atoms with Gasteiger partial charge in [0.05, 0.1) is 19.5 Å². The third-order valence-corrected chi connectivity index (χ3v) is 4.90. The molecule has 2 aliphatic carbocycles. The van der Waals surface area contributed by atoms with Gasteiger partial charge in [-0.1, -0.05) is 6.58 Å². The molecule has 0 radical (unpaired) electrons. The molecule has 19 heavy (non-hydrogen) atoms. The summed E-state index contributed by atoms with van der Waals surface area (Å²) in [7, 11) is 1.66. The minimum Gasteiger partial charge on any atom is -0.501 e. The summed E-state index contributed by atoms with van der Waals surface area (Å²) in [6, 6.07) is 0. The van der Waals surface area contributed by atoms with Crippen LogP contribution in [-0.2, 0) is 4.74 Å². The molecule has 1 saturated carbocycles. The molecule has 0 bridgehead atoms. The zero-order valence-electron chi connectivity index (χ0n) is 11.7. The Kier molecular flexibility index (Phi) is 4.51. The first-order valence-electron chi connectivity index (χ1n) is 7.12. The van der Waals surface area contributed by atoms with Gasteiger partial charge in [-0.2, -0.15) is 0 Å². The van der Waals surface area contributed by atoms with Crippen molar-refractivity contribution in [3.05, 3.63) is 29.2 Å². The van der Waals surface area contributed by atoms with Crippen molar-refractivity contribution in [2.24, 2.45) is 11.3 Å². The van der Waals surface area contributed by atoms with Crippen LogP contribution in [0.2, 0.25) is 0 Å². The van der Waals surface area contributed by atoms with Gasteiger partial charge in [0.15, 0.2) is 0 Å². The van der Waals surface area contributed by atoms with Gasteiger partial charge in [-0.3, -0.25) is 0 Å². The third kappa shape index (κ3) is 2.16. The van der Waals surface area contributed by atoms with E-state index in [-0.39, 0.29) is 24.5 Å². The Hall–Kier alpha value is -1.02. The van der Waals surface area contributed by atoms with Crippen molar-refractivity contribution in [3.8, 4) is 0 Å². The molecule has 106 valence electrons. The second-order valence-electron chi connectivity index (χ2n) is 5.52. The van der Waals surface area contributed by atoms with E-state index in [0.717, 1.165) is 55.4 Å². The van der Waals surface area contributed by atoms with Crippen molar-refractivity contribution in [2.45, 2.75) is 38.5 Å². The van der Waals surface area contributed by atoms with Gasteiger partial charge in [-0.15, -0.1) is 5.73 Å². The molecule has 0 aromatic heterocycles. The summed E-state index contributed by atoms with van der Waals surface area (Å²) >= 11 is 0. The molecule has 0 aliphatic heterocycles. The number of methoxy groups -OCH3 is 1. The summed E-state index contributed by atoms with van der Waals surface area (Å²) in [5, 5.41) is 19.6. The van der Waals surface area contributed by atoms with Gasteiger partial charge < -0.3 is 14.9 Å². The maximum absolute atomic E-state index is 9.86. The van der Waals surface area contributed by atoms with Crippen molar-refractivity contribution < 1.29 is 14.9 Å². The number of rotatable bonds is 3. The van der Waals surface area contributed by atoms with Crippen LogP contribution in [0.5, 0.6) is 0 Å². The second kappa shape index (κ2) is 5.96. The van der Waals surface area contributed by atoms with Crippen LogP contribution >= 0.6 is 0 Å². The van der Waals surface area contributed by atoms with E-state index in [9.17, 15) is 10.2 Å². The highest BCUT2D eigenvalue weighted by molar-refractivity contribution is 5.36. The Balaban J connectivity index is 2.59. The van der Waals surface area contributed by atoms with E-state index in [1.54, 1.807) is 7.11 Å². The lowest BCUT2D eigenvalue weighted by molar-refractivity contribution is 0.0771. The van der Waals surface area contributed by atoms with Gasteiger partial charge in [0.25, 0.3) is 0 Å². The smallest absolute Gasteiger partial charge is 0.0979 e. The maximum Gasteiger partial charge on any atom is 0.0979 e. The molecular weight excluding hydrogens is 240 g/mol. The normalized spacial score (nSPS) is 31.5. The molecule has 3 heteroatoms. The van der Waals surface area contributed by atoms with Crippen molar-refractivity contribution in [2.75, 3.05) is 20.3 Å². The van der Waals surface area contributed by atoms with Crippen LogP contribution in [0.25, 0.3) is 0 Å². The largest absolute Gasteiger partial charge is 0.501 e. The zero-order chi connectivity index (χ0) is 13.9. The molecule has 0 saturated heterocycles. The molecule has 0 heterocycles. The van der Waals surface area contributed by atoms with Gasteiger partial charge in [-0.25, -0.2) is 0 Å². The molecular formula is C16H24O3. The van der Waals surface area contributed by atoms with Crippen LogP contribution in [0.1, 0.15) is 38.5 Å². The molecule has 1 spiro atoms. The fraction of sp³-hybridized carbons (Fsp3) is 0.688. The Bertz CT molecular complexity index is 418. The van der Waals surface area contributed by atoms with Crippen LogP contribution in [0.4, 0.5) is 0 Å². The van der Waals surface area contributed by atoms with E-state index in [4.69, 9.17) is 4.74 Å². The number of aliphatic hydroxyl groups is 2. The topological polar surface area (TPSA) is 49.7 Å². The van der Waals surface area contributed by atoms with Gasteiger partial charge in [0.1, 0.15) is 0 Å². The fourth-order valence-corrected chi connectivity index (χ4v) is 4.05. The maximum atomic E-state index is 9.86. The molecule has 3 nitrogen and oxygen atoms in total. The molecule has 2 atom stereocenters. The standard InChI is InChI=1S/C16H24O3/c1-3-12-6-4-7-13(10-17)16(12)9-5-8-15(19-2)14(16)11-18/h13,17-18H,1,4-11H2,2H3/t13-,16+/m1/s1. The summed E-state index contributed by atoms with van der Waals surface area (Å²) in [6.45, 7) is 3.97. The lowest BCUT2D eigenvalue weighted by atomic mass is 9.56. The van der Waals surface area contributed by atoms with E-state index in [1.807, 2.05) is 0 Å². The van der Waals surface area contributed by atoms with Crippen LogP contribution < -0.4 is 0 Å². The van der Waals surface area contributed by atoms with Crippen LogP contribution in [0.15, 0.2) is 29.2 Å². The minimum atomic E-state index is -0.271. The van der Waals surface area contributed by atoms with Gasteiger partial charge in [0.2, 0.25) is 0 Å². The average Bonchev–Trinajstić information content (AvgIpc) is 2.47. The molecule has 0 aromatic rings. The number of hydrogen-bond acceptors (Lipinski definition) is 3. The third-order valence-electron chi connectivity index (χ3n) is 4.90. The SMILES string of the molecule is C=C=C1CCC[C@H](CO)[C@]12CCCC(OC)=C2CO. The van der Waals surface area contributed by atoms with Crippen molar-refractivity contribution in [1.29, 1.82) is 0 Å². The quantitative estimate of drug-likeness (QED) is 0.770. The molecule has 1 fully saturated rings. The van der Waals surface area contributed by atoms with Gasteiger partial charge in [0, 0.05) is 24.0 Å². The molecule has 0 aromatic carbocycles. The summed E-state index contributed by atoms with van der Waals surface area (Å²) in [4.78, 5) is 0.